The van der Waals surface area contributed by atoms with Gasteiger partial charge in [0, 0.05) is 25.3 Å². The first-order valence-corrected chi connectivity index (χ1v) is 8.59. The number of sulfone groups is 1. The fraction of sp³-hybridized carbons (Fsp3) is 0.615. The first kappa shape index (κ1) is 14.9. The van der Waals surface area contributed by atoms with Crippen molar-refractivity contribution in [3.63, 3.8) is 0 Å². The van der Waals surface area contributed by atoms with Gasteiger partial charge >= 0.3 is 0 Å². The first-order chi connectivity index (χ1) is 9.30. The SMILES string of the molecule is CC(C)n1cc(N)cc1C(=O)N1CCCS(=O)(=O)CC1. The maximum absolute atomic E-state index is 12.6. The van der Waals surface area contributed by atoms with Crippen LogP contribution in [0, 0.1) is 0 Å². The van der Waals surface area contributed by atoms with Crippen molar-refractivity contribution >= 4 is 21.4 Å². The van der Waals surface area contributed by atoms with Crippen molar-refractivity contribution in [3.05, 3.63) is 18.0 Å². The van der Waals surface area contributed by atoms with E-state index in [1.807, 2.05) is 18.4 Å². The Morgan fingerprint density at radius 2 is 2.00 bits per heavy atom. The fourth-order valence-corrected chi connectivity index (χ4v) is 3.67. The summed E-state index contributed by atoms with van der Waals surface area (Å²) in [7, 11) is -3.01. The Bertz CT molecular complexity index is 604. The van der Waals surface area contributed by atoms with Crippen LogP contribution >= 0.6 is 0 Å². The van der Waals surface area contributed by atoms with Gasteiger partial charge in [-0.05, 0) is 26.3 Å². The maximum atomic E-state index is 12.6. The molecule has 2 rings (SSSR count). The maximum Gasteiger partial charge on any atom is 0.270 e. The Kier molecular flexibility index (Phi) is 4.08. The van der Waals surface area contributed by atoms with E-state index >= 15 is 0 Å². The molecule has 0 spiro atoms. The molecule has 0 bridgehead atoms. The monoisotopic (exact) mass is 299 g/mol. The molecule has 7 heteroatoms. The van der Waals surface area contributed by atoms with Gasteiger partial charge in [-0.2, -0.15) is 0 Å². The molecule has 1 saturated heterocycles. The minimum absolute atomic E-state index is 0.0383. The van der Waals surface area contributed by atoms with Crippen LogP contribution in [0.4, 0.5) is 5.69 Å². The van der Waals surface area contributed by atoms with Crippen molar-refractivity contribution < 1.29 is 13.2 Å². The number of nitrogen functional groups attached to an aromatic ring is 1. The molecule has 112 valence electrons. The van der Waals surface area contributed by atoms with Crippen LogP contribution in [0.25, 0.3) is 0 Å². The second-order valence-corrected chi connectivity index (χ2v) is 7.76. The Morgan fingerprint density at radius 3 is 2.65 bits per heavy atom. The predicted molar refractivity (Wildman–Crippen MR) is 78.4 cm³/mol. The van der Waals surface area contributed by atoms with Crippen molar-refractivity contribution in [3.8, 4) is 0 Å². The summed E-state index contributed by atoms with van der Waals surface area (Å²) in [4.78, 5) is 14.2. The lowest BCUT2D eigenvalue weighted by atomic mass is 10.3. The molecule has 2 N–H and O–H groups in total. The molecule has 0 atom stereocenters. The number of anilines is 1. The van der Waals surface area contributed by atoms with E-state index in [4.69, 9.17) is 5.73 Å². The average molecular weight is 299 g/mol. The van der Waals surface area contributed by atoms with Crippen LogP contribution in [0.1, 0.15) is 36.8 Å². The molecule has 6 nitrogen and oxygen atoms in total. The zero-order valence-electron chi connectivity index (χ0n) is 11.9. The molecule has 1 aliphatic heterocycles. The topological polar surface area (TPSA) is 85.4 Å². The standard InChI is InChI=1S/C13H21N3O3S/c1-10(2)16-9-11(14)8-12(16)13(17)15-4-3-6-20(18,19)7-5-15/h8-10H,3-7,14H2,1-2H3. The van der Waals surface area contributed by atoms with Crippen molar-refractivity contribution in [1.82, 2.24) is 9.47 Å². The van der Waals surface area contributed by atoms with Gasteiger partial charge < -0.3 is 15.2 Å². The van der Waals surface area contributed by atoms with E-state index in [2.05, 4.69) is 0 Å². The number of rotatable bonds is 2. The van der Waals surface area contributed by atoms with E-state index in [0.717, 1.165) is 0 Å². The second kappa shape index (κ2) is 5.47. The molecule has 1 fully saturated rings. The van der Waals surface area contributed by atoms with Crippen LogP contribution in [0.5, 0.6) is 0 Å². The Balaban J connectivity index is 2.23. The third-order valence-electron chi connectivity index (χ3n) is 3.49. The highest BCUT2D eigenvalue weighted by Crippen LogP contribution is 2.19. The average Bonchev–Trinajstić information content (AvgIpc) is 2.65. The minimum Gasteiger partial charge on any atom is -0.397 e. The summed E-state index contributed by atoms with van der Waals surface area (Å²) in [6.07, 6.45) is 2.23. The second-order valence-electron chi connectivity index (χ2n) is 5.46. The van der Waals surface area contributed by atoms with Crippen LogP contribution < -0.4 is 5.73 Å². The molecule has 1 aromatic rings. The lowest BCUT2D eigenvalue weighted by molar-refractivity contribution is 0.0756. The lowest BCUT2D eigenvalue weighted by Gasteiger charge is -2.21. The van der Waals surface area contributed by atoms with Gasteiger partial charge in [0.15, 0.2) is 9.84 Å². The summed E-state index contributed by atoms with van der Waals surface area (Å²) < 4.78 is 25.0. The molecule has 20 heavy (non-hydrogen) atoms. The molecule has 0 unspecified atom stereocenters. The molecule has 0 saturated carbocycles. The summed E-state index contributed by atoms with van der Waals surface area (Å²) in [5, 5.41) is 0. The lowest BCUT2D eigenvalue weighted by Crippen LogP contribution is -2.35. The summed E-state index contributed by atoms with van der Waals surface area (Å²) in [5.41, 5.74) is 6.84. The van der Waals surface area contributed by atoms with Gasteiger partial charge in [-0.1, -0.05) is 0 Å². The van der Waals surface area contributed by atoms with E-state index in [-0.39, 0.29) is 30.0 Å². The highest BCUT2D eigenvalue weighted by molar-refractivity contribution is 7.91. The van der Waals surface area contributed by atoms with Crippen molar-refractivity contribution in [2.75, 3.05) is 30.3 Å². The van der Waals surface area contributed by atoms with Crippen molar-refractivity contribution in [2.24, 2.45) is 0 Å². The van der Waals surface area contributed by atoms with Crippen LogP contribution in [0.2, 0.25) is 0 Å². The molecule has 2 heterocycles. The van der Waals surface area contributed by atoms with Gasteiger partial charge in [-0.3, -0.25) is 4.79 Å². The number of aromatic nitrogens is 1. The molecule has 1 amide bonds. The van der Waals surface area contributed by atoms with Crippen LogP contribution in [-0.2, 0) is 9.84 Å². The first-order valence-electron chi connectivity index (χ1n) is 6.77. The molecular formula is C13H21N3O3S. The highest BCUT2D eigenvalue weighted by atomic mass is 32.2. The van der Waals surface area contributed by atoms with Crippen LogP contribution in [-0.4, -0.2) is 48.4 Å². The van der Waals surface area contributed by atoms with Crippen LogP contribution in [0.15, 0.2) is 12.3 Å². The Hall–Kier alpha value is -1.50. The third kappa shape index (κ3) is 3.15. The summed E-state index contributed by atoms with van der Waals surface area (Å²) in [6, 6.07) is 1.78. The Morgan fingerprint density at radius 1 is 1.30 bits per heavy atom. The van der Waals surface area contributed by atoms with Crippen LogP contribution in [0.3, 0.4) is 0 Å². The largest absolute Gasteiger partial charge is 0.397 e. The fourth-order valence-electron chi connectivity index (χ4n) is 2.40. The van der Waals surface area contributed by atoms with Gasteiger partial charge in [0.2, 0.25) is 0 Å². The van der Waals surface area contributed by atoms with Gasteiger partial charge in [0.25, 0.3) is 5.91 Å². The number of nitrogens with two attached hydrogens (primary N) is 1. The summed E-state index contributed by atoms with van der Waals surface area (Å²) in [6.45, 7) is 4.68. The van der Waals surface area contributed by atoms with Crippen molar-refractivity contribution in [2.45, 2.75) is 26.3 Å². The molecule has 0 aliphatic carbocycles. The van der Waals surface area contributed by atoms with Gasteiger partial charge in [-0.25, -0.2) is 8.42 Å². The smallest absolute Gasteiger partial charge is 0.270 e. The highest BCUT2D eigenvalue weighted by Gasteiger charge is 2.25. The molecular weight excluding hydrogens is 278 g/mol. The van der Waals surface area contributed by atoms with Gasteiger partial charge in [0.1, 0.15) is 5.69 Å². The van der Waals surface area contributed by atoms with Gasteiger partial charge in [-0.15, -0.1) is 0 Å². The molecule has 0 aromatic carbocycles. The van der Waals surface area contributed by atoms with E-state index in [0.29, 0.717) is 24.3 Å². The van der Waals surface area contributed by atoms with E-state index in [1.165, 1.54) is 0 Å². The third-order valence-corrected chi connectivity index (χ3v) is 5.20. The number of amides is 1. The molecule has 1 aromatic heterocycles. The molecule has 0 radical (unpaired) electrons. The van der Waals surface area contributed by atoms with E-state index in [1.54, 1.807) is 17.2 Å². The van der Waals surface area contributed by atoms with Crippen molar-refractivity contribution in [1.29, 1.82) is 0 Å². The minimum atomic E-state index is -3.01. The summed E-state index contributed by atoms with van der Waals surface area (Å²) in [5.74, 6) is 0.0493. The zero-order chi connectivity index (χ0) is 14.9. The normalized spacial score (nSPS) is 19.1. The number of carbonyl (C=O) groups is 1. The van der Waals surface area contributed by atoms with E-state index in [9.17, 15) is 13.2 Å². The summed E-state index contributed by atoms with van der Waals surface area (Å²) >= 11 is 0. The molecule has 1 aliphatic rings. The quantitative estimate of drug-likeness (QED) is 0.879. The van der Waals surface area contributed by atoms with E-state index < -0.39 is 9.84 Å². The number of hydrogen-bond acceptors (Lipinski definition) is 4. The zero-order valence-corrected chi connectivity index (χ0v) is 12.7. The van der Waals surface area contributed by atoms with Gasteiger partial charge in [0.05, 0.1) is 17.2 Å². The number of nitrogens with zero attached hydrogens (tertiary/aromatic N) is 2. The number of hydrogen-bond donors (Lipinski definition) is 1. The predicted octanol–water partition coefficient (Wildman–Crippen LogP) is 0.912. The Labute approximate surface area is 119 Å². The number of carbonyl (C=O) groups excluding carboxylic acids is 1.